The Kier molecular flexibility index (Phi) is 3.60. The van der Waals surface area contributed by atoms with Crippen molar-refractivity contribution < 1.29 is 22.3 Å². The number of benzene rings is 1. The second-order valence-corrected chi connectivity index (χ2v) is 6.48. The van der Waals surface area contributed by atoms with Gasteiger partial charge in [0.05, 0.1) is 10.9 Å². The summed E-state index contributed by atoms with van der Waals surface area (Å²) in [5, 5.41) is 4.30. The number of imide groups is 1. The molecule has 0 saturated carbocycles. The summed E-state index contributed by atoms with van der Waals surface area (Å²) in [5.74, 6) is -0.735. The molecule has 118 valence electrons. The molecule has 2 aliphatic rings. The SMILES string of the molecule is CN1NCC2NC(=O)N(OS(=O)(=O)c3ccccc3)C(=O)C21. The van der Waals surface area contributed by atoms with E-state index < -0.39 is 34.1 Å². The van der Waals surface area contributed by atoms with Crippen LogP contribution in [-0.2, 0) is 19.2 Å². The second kappa shape index (κ2) is 5.32. The molecule has 9 nitrogen and oxygen atoms in total. The summed E-state index contributed by atoms with van der Waals surface area (Å²) in [4.78, 5) is 24.1. The van der Waals surface area contributed by atoms with Crippen LogP contribution in [0.15, 0.2) is 35.2 Å². The number of carbonyl (C=O) groups is 2. The van der Waals surface area contributed by atoms with E-state index in [1.165, 1.54) is 29.3 Å². The minimum Gasteiger partial charge on any atom is -0.330 e. The van der Waals surface area contributed by atoms with Gasteiger partial charge in [0.2, 0.25) is 0 Å². The molecule has 0 spiro atoms. The average Bonchev–Trinajstić information content (AvgIpc) is 2.85. The van der Waals surface area contributed by atoms with Gasteiger partial charge in [-0.1, -0.05) is 18.2 Å². The van der Waals surface area contributed by atoms with E-state index in [4.69, 9.17) is 4.28 Å². The first-order valence-electron chi connectivity index (χ1n) is 6.50. The molecule has 0 radical (unpaired) electrons. The van der Waals surface area contributed by atoms with Crippen LogP contribution in [0.5, 0.6) is 0 Å². The van der Waals surface area contributed by atoms with Crippen molar-refractivity contribution in [2.45, 2.75) is 17.0 Å². The molecule has 2 aliphatic heterocycles. The van der Waals surface area contributed by atoms with Crippen LogP contribution in [0.4, 0.5) is 4.79 Å². The summed E-state index contributed by atoms with van der Waals surface area (Å²) in [5.41, 5.74) is 2.89. The molecule has 2 saturated heterocycles. The van der Waals surface area contributed by atoms with Gasteiger partial charge in [0.1, 0.15) is 6.04 Å². The lowest BCUT2D eigenvalue weighted by molar-refractivity contribution is -0.155. The standard InChI is InChI=1S/C12H14N4O5S/c1-15-10-9(7-13-15)14-12(18)16(11(10)17)21-22(19,20)8-5-3-2-4-6-8/h2-6,9-10,13H,7H2,1H3,(H,14,18). The van der Waals surface area contributed by atoms with Crippen LogP contribution in [0.1, 0.15) is 0 Å². The van der Waals surface area contributed by atoms with Gasteiger partial charge in [0, 0.05) is 13.6 Å². The molecule has 2 atom stereocenters. The van der Waals surface area contributed by atoms with E-state index in [1.54, 1.807) is 13.1 Å². The summed E-state index contributed by atoms with van der Waals surface area (Å²) < 4.78 is 29.0. The maximum absolute atomic E-state index is 12.3. The molecule has 3 rings (SSSR count). The summed E-state index contributed by atoms with van der Waals surface area (Å²) in [6.45, 7) is 0.387. The zero-order valence-corrected chi connectivity index (χ0v) is 12.4. The third-order valence-electron chi connectivity index (χ3n) is 3.51. The van der Waals surface area contributed by atoms with Crippen molar-refractivity contribution >= 4 is 22.1 Å². The van der Waals surface area contributed by atoms with Gasteiger partial charge in [-0.3, -0.25) is 10.2 Å². The maximum Gasteiger partial charge on any atom is 0.350 e. The number of nitrogens with zero attached hydrogens (tertiary/aromatic N) is 2. The fraction of sp³-hybridized carbons (Fsp3) is 0.333. The minimum atomic E-state index is -4.27. The molecule has 3 amide bonds. The predicted octanol–water partition coefficient (Wildman–Crippen LogP) is -0.954. The van der Waals surface area contributed by atoms with Gasteiger partial charge in [-0.2, -0.15) is 8.42 Å². The molecule has 1 aromatic carbocycles. The Bertz CT molecular complexity index is 707. The van der Waals surface area contributed by atoms with E-state index in [0.717, 1.165) is 0 Å². The first-order chi connectivity index (χ1) is 10.4. The van der Waals surface area contributed by atoms with Crippen molar-refractivity contribution in [1.82, 2.24) is 20.8 Å². The zero-order valence-electron chi connectivity index (χ0n) is 11.6. The van der Waals surface area contributed by atoms with E-state index in [0.29, 0.717) is 6.54 Å². The molecule has 2 unspecified atom stereocenters. The molecule has 2 N–H and O–H groups in total. The highest BCUT2D eigenvalue weighted by molar-refractivity contribution is 7.86. The Balaban J connectivity index is 1.85. The first kappa shape index (κ1) is 14.9. The van der Waals surface area contributed by atoms with Gasteiger partial charge in [-0.25, -0.2) is 9.80 Å². The largest absolute Gasteiger partial charge is 0.350 e. The number of hydroxylamine groups is 2. The lowest BCUT2D eigenvalue weighted by atomic mass is 10.1. The highest BCUT2D eigenvalue weighted by Crippen LogP contribution is 2.20. The van der Waals surface area contributed by atoms with Gasteiger partial charge in [0.15, 0.2) is 0 Å². The predicted molar refractivity (Wildman–Crippen MR) is 73.4 cm³/mol. The Morgan fingerprint density at radius 3 is 2.59 bits per heavy atom. The Labute approximate surface area is 126 Å². The van der Waals surface area contributed by atoms with Gasteiger partial charge in [0.25, 0.3) is 5.91 Å². The molecular formula is C12H14N4O5S. The Hall–Kier alpha value is -2.01. The van der Waals surface area contributed by atoms with Crippen LogP contribution in [-0.4, -0.2) is 56.1 Å². The molecule has 0 aliphatic carbocycles. The number of likely N-dealkylation sites (N-methyl/N-ethyl adjacent to an activating group) is 1. The van der Waals surface area contributed by atoms with Crippen molar-refractivity contribution in [2.75, 3.05) is 13.6 Å². The van der Waals surface area contributed by atoms with Crippen LogP contribution in [0.3, 0.4) is 0 Å². The lowest BCUT2D eigenvalue weighted by Crippen LogP contribution is -2.64. The van der Waals surface area contributed by atoms with E-state index >= 15 is 0 Å². The Morgan fingerprint density at radius 2 is 1.91 bits per heavy atom. The molecule has 0 aromatic heterocycles. The van der Waals surface area contributed by atoms with Crippen LogP contribution in [0.2, 0.25) is 0 Å². The Morgan fingerprint density at radius 1 is 1.23 bits per heavy atom. The van der Waals surface area contributed by atoms with Gasteiger partial charge < -0.3 is 5.32 Å². The molecule has 0 bridgehead atoms. The molecule has 2 fully saturated rings. The topological polar surface area (TPSA) is 108 Å². The van der Waals surface area contributed by atoms with E-state index in [-0.39, 0.29) is 9.96 Å². The first-order valence-corrected chi connectivity index (χ1v) is 7.91. The monoisotopic (exact) mass is 326 g/mol. The number of hydrogen-bond donors (Lipinski definition) is 2. The van der Waals surface area contributed by atoms with Crippen molar-refractivity contribution in [3.8, 4) is 0 Å². The molecule has 2 heterocycles. The fourth-order valence-corrected chi connectivity index (χ4v) is 3.34. The minimum absolute atomic E-state index is 0.143. The highest BCUT2D eigenvalue weighted by Gasteiger charge is 2.49. The number of fused-ring (bicyclic) bond motifs is 1. The third kappa shape index (κ3) is 2.46. The van der Waals surface area contributed by atoms with Crippen molar-refractivity contribution in [2.24, 2.45) is 0 Å². The van der Waals surface area contributed by atoms with Crippen LogP contribution in [0, 0.1) is 0 Å². The molecule has 1 aromatic rings. The van der Waals surface area contributed by atoms with Crippen LogP contribution in [0.25, 0.3) is 0 Å². The molecule has 22 heavy (non-hydrogen) atoms. The van der Waals surface area contributed by atoms with E-state index in [9.17, 15) is 18.0 Å². The molecule has 10 heteroatoms. The maximum atomic E-state index is 12.3. The van der Waals surface area contributed by atoms with E-state index in [1.807, 2.05) is 0 Å². The number of amides is 3. The van der Waals surface area contributed by atoms with E-state index in [2.05, 4.69) is 10.7 Å². The number of carbonyl (C=O) groups excluding carboxylic acids is 2. The number of hydrogen-bond acceptors (Lipinski definition) is 7. The molecular weight excluding hydrogens is 312 g/mol. The zero-order chi connectivity index (χ0) is 15.9. The van der Waals surface area contributed by atoms with Gasteiger partial charge in [-0.05, 0) is 12.1 Å². The number of urea groups is 1. The van der Waals surface area contributed by atoms with Gasteiger partial charge >= 0.3 is 16.1 Å². The van der Waals surface area contributed by atoms with Crippen molar-refractivity contribution in [3.05, 3.63) is 30.3 Å². The second-order valence-electron chi connectivity index (χ2n) is 4.95. The highest BCUT2D eigenvalue weighted by atomic mass is 32.2. The third-order valence-corrected chi connectivity index (χ3v) is 4.70. The summed E-state index contributed by atoms with van der Waals surface area (Å²) in [7, 11) is -2.64. The number of rotatable bonds is 3. The number of hydrazine groups is 1. The normalized spacial score (nSPS) is 26.0. The van der Waals surface area contributed by atoms with Crippen LogP contribution < -0.4 is 10.7 Å². The van der Waals surface area contributed by atoms with Gasteiger partial charge in [-0.15, -0.1) is 9.35 Å². The quantitative estimate of drug-likeness (QED) is 0.737. The summed E-state index contributed by atoms with van der Waals surface area (Å²) in [6.07, 6.45) is 0. The van der Waals surface area contributed by atoms with Crippen LogP contribution >= 0.6 is 0 Å². The number of nitrogens with one attached hydrogen (secondary N) is 2. The summed E-state index contributed by atoms with van der Waals surface area (Å²) in [6, 6.07) is 5.25. The lowest BCUT2D eigenvalue weighted by Gasteiger charge is -2.33. The average molecular weight is 326 g/mol. The smallest absolute Gasteiger partial charge is 0.330 e. The summed E-state index contributed by atoms with van der Waals surface area (Å²) >= 11 is 0. The van der Waals surface area contributed by atoms with Crippen molar-refractivity contribution in [3.63, 3.8) is 0 Å². The van der Waals surface area contributed by atoms with Crippen molar-refractivity contribution in [1.29, 1.82) is 0 Å². The fourth-order valence-electron chi connectivity index (χ4n) is 2.43.